The number of rotatable bonds is 34. The molecule has 0 aromatic heterocycles. The van der Waals surface area contributed by atoms with Crippen LogP contribution in [0.2, 0.25) is 0 Å². The zero-order valence-electron chi connectivity index (χ0n) is 30.8. The molecule has 0 aliphatic heterocycles. The van der Waals surface area contributed by atoms with E-state index in [-0.39, 0.29) is 19.1 Å². The zero-order chi connectivity index (χ0) is 34.4. The lowest BCUT2D eigenvalue weighted by Gasteiger charge is -2.30. The number of nitrogens with one attached hydrogen (secondary N) is 1. The van der Waals surface area contributed by atoms with Crippen molar-refractivity contribution in [1.29, 1.82) is 0 Å². The van der Waals surface area contributed by atoms with Crippen LogP contribution in [0.5, 0.6) is 0 Å². The van der Waals surface area contributed by atoms with Crippen molar-refractivity contribution < 1.29 is 32.9 Å². The molecular formula is C37H75N2O6P. The zero-order valence-corrected chi connectivity index (χ0v) is 31.7. The first kappa shape index (κ1) is 45.2. The van der Waals surface area contributed by atoms with E-state index < -0.39 is 20.0 Å². The van der Waals surface area contributed by atoms with Gasteiger partial charge in [0.25, 0.3) is 7.82 Å². The normalized spacial score (nSPS) is 14.8. The summed E-state index contributed by atoms with van der Waals surface area (Å²) in [5, 5.41) is 13.8. The van der Waals surface area contributed by atoms with Crippen LogP contribution in [0.1, 0.15) is 168 Å². The number of quaternary nitrogens is 1. The molecule has 0 saturated carbocycles. The molecule has 46 heavy (non-hydrogen) atoms. The second-order valence-electron chi connectivity index (χ2n) is 14.3. The highest BCUT2D eigenvalue weighted by molar-refractivity contribution is 7.45. The number of carbonyl (C=O) groups excluding carboxylic acids is 1. The summed E-state index contributed by atoms with van der Waals surface area (Å²) < 4.78 is 23.1. The van der Waals surface area contributed by atoms with E-state index in [1.807, 2.05) is 21.1 Å². The van der Waals surface area contributed by atoms with Crippen molar-refractivity contribution in [2.45, 2.75) is 180 Å². The van der Waals surface area contributed by atoms with Crippen LogP contribution in [0.3, 0.4) is 0 Å². The summed E-state index contributed by atoms with van der Waals surface area (Å²) in [5.41, 5.74) is 0. The Morgan fingerprint density at radius 1 is 0.739 bits per heavy atom. The minimum Gasteiger partial charge on any atom is -0.756 e. The Kier molecular flexibility index (Phi) is 29.8. The van der Waals surface area contributed by atoms with Gasteiger partial charge in [-0.25, -0.2) is 0 Å². The first-order valence-electron chi connectivity index (χ1n) is 19.0. The highest BCUT2D eigenvalue weighted by Gasteiger charge is 2.24. The Bertz CT molecular complexity index is 773. The molecule has 0 aliphatic carbocycles. The number of phosphoric ester groups is 1. The molecule has 0 heterocycles. The molecule has 0 bridgehead atoms. The van der Waals surface area contributed by atoms with Crippen molar-refractivity contribution in [1.82, 2.24) is 5.32 Å². The van der Waals surface area contributed by atoms with Gasteiger partial charge in [0.15, 0.2) is 0 Å². The molecule has 3 unspecified atom stereocenters. The summed E-state index contributed by atoms with van der Waals surface area (Å²) in [6.07, 6.45) is 30.6. The molecule has 3 atom stereocenters. The third-order valence-electron chi connectivity index (χ3n) is 8.50. The summed E-state index contributed by atoms with van der Waals surface area (Å²) in [4.78, 5) is 25.1. The van der Waals surface area contributed by atoms with Gasteiger partial charge in [-0.05, 0) is 38.5 Å². The maximum absolute atomic E-state index is 12.8. The Balaban J connectivity index is 4.50. The van der Waals surface area contributed by atoms with Crippen molar-refractivity contribution >= 4 is 13.7 Å². The smallest absolute Gasteiger partial charge is 0.268 e. The monoisotopic (exact) mass is 675 g/mol. The second kappa shape index (κ2) is 30.3. The van der Waals surface area contributed by atoms with Gasteiger partial charge < -0.3 is 28.8 Å². The quantitative estimate of drug-likeness (QED) is 0.0305. The van der Waals surface area contributed by atoms with Crippen LogP contribution >= 0.6 is 7.82 Å². The molecule has 0 aromatic rings. The van der Waals surface area contributed by atoms with Crippen LogP contribution in [0.25, 0.3) is 0 Å². The molecular weight excluding hydrogens is 599 g/mol. The van der Waals surface area contributed by atoms with E-state index in [4.69, 9.17) is 9.05 Å². The van der Waals surface area contributed by atoms with Crippen LogP contribution in [0, 0.1) is 0 Å². The average Bonchev–Trinajstić information content (AvgIpc) is 2.99. The molecule has 0 aliphatic rings. The summed E-state index contributed by atoms with van der Waals surface area (Å²) in [6.45, 7) is 4.67. The van der Waals surface area contributed by atoms with E-state index in [1.54, 1.807) is 0 Å². The number of hydrogen-bond acceptors (Lipinski definition) is 6. The van der Waals surface area contributed by atoms with Gasteiger partial charge in [-0.1, -0.05) is 135 Å². The number of phosphoric acid groups is 1. The summed E-state index contributed by atoms with van der Waals surface area (Å²) in [6, 6.07) is -0.801. The van der Waals surface area contributed by atoms with Gasteiger partial charge >= 0.3 is 0 Å². The van der Waals surface area contributed by atoms with Crippen LogP contribution in [-0.4, -0.2) is 68.5 Å². The van der Waals surface area contributed by atoms with Crippen molar-refractivity contribution in [2.24, 2.45) is 0 Å². The van der Waals surface area contributed by atoms with Crippen LogP contribution in [-0.2, 0) is 18.4 Å². The lowest BCUT2D eigenvalue weighted by atomic mass is 10.0. The Labute approximate surface area is 284 Å². The van der Waals surface area contributed by atoms with Gasteiger partial charge in [0.2, 0.25) is 5.91 Å². The van der Waals surface area contributed by atoms with Gasteiger partial charge in [-0.15, -0.1) is 0 Å². The fourth-order valence-corrected chi connectivity index (χ4v) is 6.11. The number of aliphatic hydroxyl groups excluding tert-OH is 1. The minimum atomic E-state index is -4.55. The van der Waals surface area contributed by atoms with Crippen molar-refractivity contribution in [3.05, 3.63) is 12.2 Å². The van der Waals surface area contributed by atoms with E-state index in [2.05, 4.69) is 31.3 Å². The fraction of sp³-hybridized carbons (Fsp3) is 0.919. The number of hydrogen-bond donors (Lipinski definition) is 2. The highest BCUT2D eigenvalue weighted by atomic mass is 31.2. The van der Waals surface area contributed by atoms with Gasteiger partial charge in [-0.2, -0.15) is 0 Å². The van der Waals surface area contributed by atoms with Gasteiger partial charge in [0.1, 0.15) is 13.2 Å². The largest absolute Gasteiger partial charge is 0.756 e. The third kappa shape index (κ3) is 31.8. The predicted molar refractivity (Wildman–Crippen MR) is 192 cm³/mol. The SMILES string of the molecule is CCCCCCCC/C=C\CCCCCC(=O)NC(COP(=O)([O-])OCC[N+](C)(C)C)C(O)CCCCCCCCCCCCC. The maximum atomic E-state index is 12.8. The molecule has 2 N–H and O–H groups in total. The number of amides is 1. The van der Waals surface area contributed by atoms with Crippen LogP contribution in [0.4, 0.5) is 0 Å². The van der Waals surface area contributed by atoms with Gasteiger partial charge in [-0.3, -0.25) is 9.36 Å². The lowest BCUT2D eigenvalue weighted by Crippen LogP contribution is -2.46. The van der Waals surface area contributed by atoms with Gasteiger partial charge in [0, 0.05) is 6.42 Å². The predicted octanol–water partition coefficient (Wildman–Crippen LogP) is 9.00. The topological polar surface area (TPSA) is 108 Å². The molecule has 0 aromatic carbocycles. The molecule has 8 nitrogen and oxygen atoms in total. The van der Waals surface area contributed by atoms with E-state index in [9.17, 15) is 19.4 Å². The average molecular weight is 675 g/mol. The number of allylic oxidation sites excluding steroid dienone is 2. The Morgan fingerprint density at radius 3 is 1.70 bits per heavy atom. The third-order valence-corrected chi connectivity index (χ3v) is 9.47. The van der Waals surface area contributed by atoms with E-state index in [1.165, 1.54) is 89.9 Å². The highest BCUT2D eigenvalue weighted by Crippen LogP contribution is 2.38. The van der Waals surface area contributed by atoms with Crippen molar-refractivity contribution in [2.75, 3.05) is 40.9 Å². The number of aliphatic hydroxyl groups is 1. The lowest BCUT2D eigenvalue weighted by molar-refractivity contribution is -0.870. The first-order chi connectivity index (χ1) is 22.0. The second-order valence-corrected chi connectivity index (χ2v) is 15.7. The standard InChI is InChI=1S/C37H75N2O6P/c1-6-8-10-12-14-16-18-19-21-23-25-27-29-31-37(41)38-35(34-45-46(42,43)44-33-32-39(3,4)5)36(40)30-28-26-24-22-20-17-15-13-11-9-7-2/h19,21,35-36,40H,6-18,20,22-34H2,1-5H3,(H-,38,41,42,43)/b21-19-. The number of carbonyl (C=O) groups is 1. The number of unbranched alkanes of at least 4 members (excludes halogenated alkanes) is 19. The first-order valence-corrected chi connectivity index (χ1v) is 20.5. The minimum absolute atomic E-state index is 0.0107. The maximum Gasteiger partial charge on any atom is 0.268 e. The molecule has 0 radical (unpaired) electrons. The van der Waals surface area contributed by atoms with E-state index in [0.29, 0.717) is 23.9 Å². The van der Waals surface area contributed by atoms with Crippen LogP contribution in [0.15, 0.2) is 12.2 Å². The Hall–Kier alpha value is -0.760. The van der Waals surface area contributed by atoms with E-state index in [0.717, 1.165) is 51.4 Å². The summed E-state index contributed by atoms with van der Waals surface area (Å²) in [5.74, 6) is -0.183. The molecule has 0 fully saturated rings. The Morgan fingerprint density at radius 2 is 1.20 bits per heavy atom. The number of nitrogens with zero attached hydrogens (tertiary/aromatic N) is 1. The number of likely N-dealkylation sites (N-methyl/N-ethyl adjacent to an activating group) is 1. The van der Waals surface area contributed by atoms with Crippen molar-refractivity contribution in [3.8, 4) is 0 Å². The molecule has 0 saturated heterocycles. The van der Waals surface area contributed by atoms with Crippen LogP contribution < -0.4 is 10.2 Å². The molecule has 274 valence electrons. The molecule has 9 heteroatoms. The van der Waals surface area contributed by atoms with Crippen molar-refractivity contribution in [3.63, 3.8) is 0 Å². The summed E-state index contributed by atoms with van der Waals surface area (Å²) in [7, 11) is 1.29. The van der Waals surface area contributed by atoms with E-state index >= 15 is 0 Å². The molecule has 0 spiro atoms. The molecule has 0 rings (SSSR count). The fourth-order valence-electron chi connectivity index (χ4n) is 5.38. The molecule has 1 amide bonds. The van der Waals surface area contributed by atoms with Gasteiger partial charge in [0.05, 0.1) is 39.9 Å². The summed E-state index contributed by atoms with van der Waals surface area (Å²) >= 11 is 0.